The lowest BCUT2D eigenvalue weighted by Gasteiger charge is -2.17. The van der Waals surface area contributed by atoms with Crippen molar-refractivity contribution in [1.82, 2.24) is 5.32 Å². The Hall–Kier alpha value is -2.22. The molecule has 0 heterocycles. The van der Waals surface area contributed by atoms with Gasteiger partial charge in [0, 0.05) is 6.42 Å². The summed E-state index contributed by atoms with van der Waals surface area (Å²) in [5, 5.41) is 14.2. The summed E-state index contributed by atoms with van der Waals surface area (Å²) < 4.78 is 28.3. The van der Waals surface area contributed by atoms with Gasteiger partial charge in [0.05, 0.1) is 6.61 Å². The van der Waals surface area contributed by atoms with Gasteiger partial charge >= 0.3 is 0 Å². The van der Waals surface area contributed by atoms with Crippen molar-refractivity contribution in [2.75, 3.05) is 13.2 Å². The van der Waals surface area contributed by atoms with Crippen molar-refractivity contribution in [3.8, 4) is 0 Å². The predicted octanol–water partition coefficient (Wildman–Crippen LogP) is 1.26. The third kappa shape index (κ3) is 6.17. The number of ether oxygens (including phenoxy) is 1. The molecule has 0 spiro atoms. The SMILES string of the molecule is N/C(=N/O)C(NC(=O)CCOCC(F)F)c1ccccc1. The maximum Gasteiger partial charge on any atom is 0.261 e. The normalized spacial score (nSPS) is 13.2. The molecule has 1 unspecified atom stereocenters. The number of amides is 1. The first-order valence-corrected chi connectivity index (χ1v) is 6.22. The zero-order valence-electron chi connectivity index (χ0n) is 11.2. The lowest BCUT2D eigenvalue weighted by atomic mass is 10.1. The second kappa shape index (κ2) is 8.85. The Morgan fingerprint density at radius 3 is 2.62 bits per heavy atom. The number of hydrogen-bond donors (Lipinski definition) is 3. The van der Waals surface area contributed by atoms with Crippen LogP contribution in [0.2, 0.25) is 0 Å². The van der Waals surface area contributed by atoms with Gasteiger partial charge in [-0.25, -0.2) is 8.78 Å². The third-order valence-electron chi connectivity index (χ3n) is 2.57. The van der Waals surface area contributed by atoms with Crippen LogP contribution in [0.25, 0.3) is 0 Å². The Morgan fingerprint density at radius 1 is 1.38 bits per heavy atom. The van der Waals surface area contributed by atoms with E-state index in [4.69, 9.17) is 10.9 Å². The highest BCUT2D eigenvalue weighted by atomic mass is 19.3. The van der Waals surface area contributed by atoms with Crippen LogP contribution in [0.5, 0.6) is 0 Å². The molecule has 0 bridgehead atoms. The first-order valence-electron chi connectivity index (χ1n) is 6.22. The number of benzene rings is 1. The van der Waals surface area contributed by atoms with Crippen molar-refractivity contribution < 1.29 is 23.5 Å². The van der Waals surface area contributed by atoms with Crippen molar-refractivity contribution in [2.45, 2.75) is 18.9 Å². The fourth-order valence-electron chi connectivity index (χ4n) is 1.60. The first-order chi connectivity index (χ1) is 10.0. The minimum atomic E-state index is -2.57. The molecular weight excluding hydrogens is 284 g/mol. The highest BCUT2D eigenvalue weighted by Crippen LogP contribution is 2.12. The number of nitrogens with two attached hydrogens (primary N) is 1. The van der Waals surface area contributed by atoms with E-state index < -0.39 is 25.0 Å². The average Bonchev–Trinajstić information content (AvgIpc) is 2.49. The Morgan fingerprint density at radius 2 is 2.05 bits per heavy atom. The topological polar surface area (TPSA) is 96.9 Å². The average molecular weight is 301 g/mol. The third-order valence-corrected chi connectivity index (χ3v) is 2.57. The molecule has 8 heteroatoms. The number of amidine groups is 1. The second-order valence-electron chi connectivity index (χ2n) is 4.15. The largest absolute Gasteiger partial charge is 0.409 e. The van der Waals surface area contributed by atoms with Crippen molar-refractivity contribution >= 4 is 11.7 Å². The lowest BCUT2D eigenvalue weighted by molar-refractivity contribution is -0.122. The van der Waals surface area contributed by atoms with Gasteiger partial charge in [-0.15, -0.1) is 0 Å². The van der Waals surface area contributed by atoms with Crippen molar-refractivity contribution in [3.63, 3.8) is 0 Å². The fraction of sp³-hybridized carbons (Fsp3) is 0.385. The molecule has 0 radical (unpaired) electrons. The van der Waals surface area contributed by atoms with Crippen LogP contribution in [0.3, 0.4) is 0 Å². The number of carbonyl (C=O) groups is 1. The van der Waals surface area contributed by atoms with E-state index in [-0.39, 0.29) is 18.9 Å². The molecule has 0 fully saturated rings. The van der Waals surface area contributed by atoms with E-state index in [1.165, 1.54) is 0 Å². The Balaban J connectivity index is 2.56. The molecule has 1 aromatic rings. The minimum absolute atomic E-state index is 0.102. The summed E-state index contributed by atoms with van der Waals surface area (Å²) in [5.74, 6) is -0.632. The van der Waals surface area contributed by atoms with Gasteiger partial charge in [-0.3, -0.25) is 4.79 Å². The van der Waals surface area contributed by atoms with E-state index >= 15 is 0 Å². The van der Waals surface area contributed by atoms with E-state index in [2.05, 4.69) is 15.2 Å². The minimum Gasteiger partial charge on any atom is -0.409 e. The molecule has 0 aliphatic rings. The van der Waals surface area contributed by atoms with Crippen LogP contribution < -0.4 is 11.1 Å². The quantitative estimate of drug-likeness (QED) is 0.221. The number of halogens is 2. The molecule has 0 aromatic heterocycles. The van der Waals surface area contributed by atoms with E-state index in [0.29, 0.717) is 5.56 Å². The smallest absolute Gasteiger partial charge is 0.261 e. The van der Waals surface area contributed by atoms with Crippen LogP contribution in [0.4, 0.5) is 8.78 Å². The highest BCUT2D eigenvalue weighted by Gasteiger charge is 2.18. The van der Waals surface area contributed by atoms with Crippen LogP contribution >= 0.6 is 0 Å². The lowest BCUT2D eigenvalue weighted by Crippen LogP contribution is -2.38. The molecule has 6 nitrogen and oxygen atoms in total. The van der Waals surface area contributed by atoms with E-state index in [0.717, 1.165) is 0 Å². The number of oxime groups is 1. The predicted molar refractivity (Wildman–Crippen MR) is 72.2 cm³/mol. The van der Waals surface area contributed by atoms with Crippen molar-refractivity contribution in [3.05, 3.63) is 35.9 Å². The summed E-state index contributed by atoms with van der Waals surface area (Å²) in [6.45, 7) is -0.844. The molecular formula is C13H17F2N3O3. The monoisotopic (exact) mass is 301 g/mol. The number of alkyl halides is 2. The van der Waals surface area contributed by atoms with Gasteiger partial charge in [0.1, 0.15) is 12.6 Å². The zero-order valence-corrected chi connectivity index (χ0v) is 11.2. The summed E-state index contributed by atoms with van der Waals surface area (Å²) in [7, 11) is 0. The molecule has 0 aliphatic heterocycles. The van der Waals surface area contributed by atoms with Crippen LogP contribution in [-0.2, 0) is 9.53 Å². The van der Waals surface area contributed by atoms with Gasteiger partial charge in [0.25, 0.3) is 6.43 Å². The second-order valence-corrected chi connectivity index (χ2v) is 4.15. The zero-order chi connectivity index (χ0) is 15.7. The fourth-order valence-corrected chi connectivity index (χ4v) is 1.60. The van der Waals surface area contributed by atoms with E-state index in [1.54, 1.807) is 30.3 Å². The summed E-state index contributed by atoms with van der Waals surface area (Å²) >= 11 is 0. The summed E-state index contributed by atoms with van der Waals surface area (Å²) in [4.78, 5) is 11.7. The van der Waals surface area contributed by atoms with E-state index in [9.17, 15) is 13.6 Å². The van der Waals surface area contributed by atoms with Gasteiger partial charge in [-0.05, 0) is 5.56 Å². The van der Waals surface area contributed by atoms with Gasteiger partial charge in [0.2, 0.25) is 5.91 Å². The standard InChI is InChI=1S/C13H17F2N3O3/c14-10(15)8-21-7-6-11(19)17-12(13(16)18-20)9-4-2-1-3-5-9/h1-5,10,12,20H,6-8H2,(H2,16,18)(H,17,19). The molecule has 1 aromatic carbocycles. The maximum absolute atomic E-state index is 11.9. The van der Waals surface area contributed by atoms with Gasteiger partial charge in [0.15, 0.2) is 5.84 Å². The van der Waals surface area contributed by atoms with Crippen LogP contribution in [0.15, 0.2) is 35.5 Å². The van der Waals surface area contributed by atoms with E-state index in [1.807, 2.05) is 0 Å². The molecule has 0 aliphatic carbocycles. The van der Waals surface area contributed by atoms with Crippen molar-refractivity contribution in [2.24, 2.45) is 10.9 Å². The molecule has 1 atom stereocenters. The number of rotatable bonds is 8. The molecule has 21 heavy (non-hydrogen) atoms. The van der Waals surface area contributed by atoms with Crippen molar-refractivity contribution in [1.29, 1.82) is 0 Å². The van der Waals surface area contributed by atoms with Gasteiger partial charge in [-0.1, -0.05) is 35.5 Å². The number of nitrogens with zero attached hydrogens (tertiary/aromatic N) is 1. The Bertz CT molecular complexity index is 469. The molecule has 0 saturated carbocycles. The molecule has 1 amide bonds. The first kappa shape index (κ1) is 16.8. The molecule has 1 rings (SSSR count). The number of hydrogen-bond acceptors (Lipinski definition) is 4. The number of nitrogens with one attached hydrogen (secondary N) is 1. The Kier molecular flexibility index (Phi) is 7.10. The Labute approximate surface area is 120 Å². The van der Waals surface area contributed by atoms with Crippen LogP contribution in [0, 0.1) is 0 Å². The number of carbonyl (C=O) groups excluding carboxylic acids is 1. The molecule has 4 N–H and O–H groups in total. The maximum atomic E-state index is 11.9. The van der Waals surface area contributed by atoms with Crippen LogP contribution in [0.1, 0.15) is 18.0 Å². The summed E-state index contributed by atoms with van der Waals surface area (Å²) in [5.41, 5.74) is 6.18. The highest BCUT2D eigenvalue weighted by molar-refractivity contribution is 5.90. The van der Waals surface area contributed by atoms with Gasteiger partial charge < -0.3 is 21.0 Å². The summed E-state index contributed by atoms with van der Waals surface area (Å²) in [6.07, 6.45) is -2.67. The van der Waals surface area contributed by atoms with Gasteiger partial charge in [-0.2, -0.15) is 0 Å². The summed E-state index contributed by atoms with van der Waals surface area (Å²) in [6, 6.07) is 7.88. The molecule has 116 valence electrons. The molecule has 0 saturated heterocycles. The van der Waals surface area contributed by atoms with Crippen LogP contribution in [-0.4, -0.2) is 36.6 Å².